The molecular weight excluding hydrogens is 353 g/mol. The van der Waals surface area contributed by atoms with Gasteiger partial charge in [-0.15, -0.1) is 0 Å². The monoisotopic (exact) mass is 379 g/mol. The number of benzene rings is 1. The van der Waals surface area contributed by atoms with Crippen LogP contribution in [0.3, 0.4) is 0 Å². The summed E-state index contributed by atoms with van der Waals surface area (Å²) in [4.78, 5) is 0.480. The van der Waals surface area contributed by atoms with E-state index in [1.165, 1.54) is 18.4 Å². The number of para-hydroxylation sites is 1. The van der Waals surface area contributed by atoms with Crippen molar-refractivity contribution in [3.05, 3.63) is 29.8 Å². The average Bonchev–Trinajstić information content (AvgIpc) is 3.09. The molecule has 1 aliphatic heterocycles. The van der Waals surface area contributed by atoms with E-state index in [9.17, 15) is 5.21 Å². The summed E-state index contributed by atoms with van der Waals surface area (Å²) in [5.74, 6) is 1.73. The number of hydrogen-bond donors (Lipinski definition) is 1. The van der Waals surface area contributed by atoms with Crippen molar-refractivity contribution >= 4 is 20.7 Å². The molecule has 2 fully saturated rings. The molecule has 1 N–H and O–H groups in total. The van der Waals surface area contributed by atoms with Crippen LogP contribution in [0.25, 0.3) is 0 Å². The molecule has 0 saturated heterocycles. The predicted octanol–water partition coefficient (Wildman–Crippen LogP) is 4.19. The van der Waals surface area contributed by atoms with Crippen molar-refractivity contribution in [1.82, 2.24) is 0 Å². The molecule has 1 unspecified atom stereocenters. The van der Waals surface area contributed by atoms with Gasteiger partial charge in [-0.3, -0.25) is 0 Å². The Balaban J connectivity index is 1.47. The van der Waals surface area contributed by atoms with Crippen molar-refractivity contribution in [2.75, 3.05) is 0 Å². The van der Waals surface area contributed by atoms with Gasteiger partial charge in [0.2, 0.25) is 0 Å². The van der Waals surface area contributed by atoms with Crippen molar-refractivity contribution in [3.63, 3.8) is 0 Å². The number of oxime groups is 1. The van der Waals surface area contributed by atoms with Crippen molar-refractivity contribution in [2.24, 2.45) is 21.9 Å². The summed E-state index contributed by atoms with van der Waals surface area (Å²) in [7, 11) is 0. The van der Waals surface area contributed by atoms with Crippen molar-refractivity contribution in [3.8, 4) is 5.75 Å². The Labute approximate surface area is 144 Å². The fraction of sp³-hybridized carbons (Fsp3) is 0.632. The molecule has 124 valence electrons. The summed E-state index contributed by atoms with van der Waals surface area (Å²) in [6, 6.07) is 8.38. The van der Waals surface area contributed by atoms with E-state index in [4.69, 9.17) is 4.74 Å². The van der Waals surface area contributed by atoms with Crippen LogP contribution in [-0.2, 0) is 6.42 Å². The van der Waals surface area contributed by atoms with E-state index >= 15 is 0 Å². The number of hydrogen-bond acceptors (Lipinski definition) is 3. The van der Waals surface area contributed by atoms with Crippen LogP contribution in [0.5, 0.6) is 5.75 Å². The SMILES string of the molecule is CC1(C)[C@@H]2CC[C@@]1(C)/C(=N\O)[C@H]2[Se]CC1Cc2ccccc2O1. The zero-order chi connectivity index (χ0) is 16.2. The number of nitrogens with zero attached hydrogens (tertiary/aromatic N) is 1. The van der Waals surface area contributed by atoms with Gasteiger partial charge >= 0.3 is 144 Å². The molecule has 2 aliphatic carbocycles. The first-order valence-corrected chi connectivity index (χ1v) is 10.8. The Morgan fingerprint density at radius 2 is 2.09 bits per heavy atom. The first-order valence-electron chi connectivity index (χ1n) is 8.56. The standard InChI is InChI=1S/C19H25NO2Se/c1-18(2)14-8-9-19(18,3)17(20-21)16(14)23-11-13-10-12-6-4-5-7-15(12)22-13/h4-7,13-14,16,21H,8-11H2,1-3H3/b20-17-/t13?,14-,16+,19+/m1/s1. The van der Waals surface area contributed by atoms with E-state index in [1.54, 1.807) is 0 Å². The minimum absolute atomic E-state index is 0.0817. The van der Waals surface area contributed by atoms with E-state index in [2.05, 4.69) is 44.1 Å². The molecule has 1 aromatic rings. The molecule has 2 bridgehead atoms. The van der Waals surface area contributed by atoms with Crippen molar-refractivity contribution < 1.29 is 9.94 Å². The van der Waals surface area contributed by atoms with Crippen LogP contribution in [0.15, 0.2) is 29.4 Å². The van der Waals surface area contributed by atoms with Gasteiger partial charge in [0, 0.05) is 0 Å². The van der Waals surface area contributed by atoms with E-state index in [0.29, 0.717) is 31.8 Å². The van der Waals surface area contributed by atoms with Crippen LogP contribution in [0.1, 0.15) is 39.2 Å². The van der Waals surface area contributed by atoms with Crippen LogP contribution in [0, 0.1) is 16.7 Å². The van der Waals surface area contributed by atoms with Gasteiger partial charge in [0.05, 0.1) is 0 Å². The quantitative estimate of drug-likeness (QED) is 0.487. The maximum absolute atomic E-state index is 9.66. The van der Waals surface area contributed by atoms with E-state index in [1.807, 2.05) is 6.07 Å². The van der Waals surface area contributed by atoms with E-state index < -0.39 is 0 Å². The fourth-order valence-electron chi connectivity index (χ4n) is 4.95. The van der Waals surface area contributed by atoms with Crippen molar-refractivity contribution in [2.45, 2.75) is 56.3 Å². The molecule has 4 atom stereocenters. The Morgan fingerprint density at radius 3 is 2.83 bits per heavy atom. The van der Waals surface area contributed by atoms with Crippen LogP contribution in [-0.4, -0.2) is 32.0 Å². The summed E-state index contributed by atoms with van der Waals surface area (Å²) in [5.41, 5.74) is 2.75. The summed E-state index contributed by atoms with van der Waals surface area (Å²) < 4.78 is 6.11. The maximum atomic E-state index is 9.66. The summed E-state index contributed by atoms with van der Waals surface area (Å²) in [6.07, 6.45) is 3.78. The molecule has 1 aromatic carbocycles. The summed E-state index contributed by atoms with van der Waals surface area (Å²) >= 11 is 0.425. The Hall–Kier alpha value is -0.991. The molecule has 0 amide bonds. The Kier molecular flexibility index (Phi) is 3.55. The Bertz CT molecular complexity index is 632. The van der Waals surface area contributed by atoms with Crippen LogP contribution in [0.4, 0.5) is 0 Å². The molecule has 4 rings (SSSR count). The van der Waals surface area contributed by atoms with Crippen LogP contribution < -0.4 is 4.74 Å². The molecule has 2 saturated carbocycles. The summed E-state index contributed by atoms with van der Waals surface area (Å²) in [6.45, 7) is 7.04. The topological polar surface area (TPSA) is 41.8 Å². The van der Waals surface area contributed by atoms with Gasteiger partial charge in [-0.25, -0.2) is 0 Å². The Morgan fingerprint density at radius 1 is 1.30 bits per heavy atom. The average molecular weight is 378 g/mol. The van der Waals surface area contributed by atoms with Gasteiger partial charge in [0.15, 0.2) is 0 Å². The van der Waals surface area contributed by atoms with Crippen LogP contribution >= 0.6 is 0 Å². The molecule has 0 radical (unpaired) electrons. The molecule has 4 heteroatoms. The zero-order valence-corrected chi connectivity index (χ0v) is 15.8. The molecule has 0 spiro atoms. The predicted molar refractivity (Wildman–Crippen MR) is 92.7 cm³/mol. The van der Waals surface area contributed by atoms with Gasteiger partial charge in [-0.2, -0.15) is 0 Å². The third kappa shape index (κ3) is 2.11. The number of ether oxygens (including phenoxy) is 1. The van der Waals surface area contributed by atoms with Crippen molar-refractivity contribution in [1.29, 1.82) is 0 Å². The second-order valence-corrected chi connectivity index (χ2v) is 10.5. The van der Waals surface area contributed by atoms with Gasteiger partial charge in [0.1, 0.15) is 0 Å². The normalized spacial score (nSPS) is 38.7. The second-order valence-electron chi connectivity index (χ2n) is 7.99. The number of rotatable bonds is 3. The summed E-state index contributed by atoms with van der Waals surface area (Å²) in [5, 5.41) is 14.6. The minimum atomic E-state index is 0.0817. The fourth-order valence-corrected chi connectivity index (χ4v) is 8.69. The van der Waals surface area contributed by atoms with Gasteiger partial charge in [0.25, 0.3) is 0 Å². The van der Waals surface area contributed by atoms with Gasteiger partial charge < -0.3 is 0 Å². The zero-order valence-electron chi connectivity index (χ0n) is 14.1. The third-order valence-electron chi connectivity index (χ3n) is 6.79. The molecule has 23 heavy (non-hydrogen) atoms. The second kappa shape index (κ2) is 5.25. The molecule has 0 aromatic heterocycles. The first-order chi connectivity index (χ1) is 11.0. The van der Waals surface area contributed by atoms with Gasteiger partial charge in [-0.05, 0) is 0 Å². The molecule has 3 nitrogen and oxygen atoms in total. The first kappa shape index (κ1) is 15.5. The van der Waals surface area contributed by atoms with E-state index in [0.717, 1.165) is 23.2 Å². The molecule has 3 aliphatic rings. The third-order valence-corrected chi connectivity index (χ3v) is 9.88. The molecular formula is C19H25NO2Se. The van der Waals surface area contributed by atoms with Crippen LogP contribution in [0.2, 0.25) is 10.1 Å². The molecule has 1 heterocycles. The number of fused-ring (bicyclic) bond motifs is 3. The van der Waals surface area contributed by atoms with Gasteiger partial charge in [-0.1, -0.05) is 0 Å². The van der Waals surface area contributed by atoms with E-state index in [-0.39, 0.29) is 10.8 Å².